The summed E-state index contributed by atoms with van der Waals surface area (Å²) in [4.78, 5) is 14.8. The molecular formula is C10H10ClF2NO2. The molecular weight excluding hydrogens is 240 g/mol. The highest BCUT2D eigenvalue weighted by atomic mass is 35.5. The number of carbonyl (C=O) groups is 1. The molecule has 3 nitrogen and oxygen atoms in total. The fraction of sp³-hybridized carbons (Fsp3) is 0.400. The smallest absolute Gasteiger partial charge is 0.356 e. The maximum absolute atomic E-state index is 12.6. The zero-order valence-electron chi connectivity index (χ0n) is 8.76. The Morgan fingerprint density at radius 2 is 2.25 bits per heavy atom. The van der Waals surface area contributed by atoms with E-state index in [-0.39, 0.29) is 11.6 Å². The number of ether oxygens (including phenoxy) is 1. The predicted molar refractivity (Wildman–Crippen MR) is 54.8 cm³/mol. The minimum absolute atomic E-state index is 0.0397. The molecule has 0 spiro atoms. The lowest BCUT2D eigenvalue weighted by molar-refractivity contribution is 0.0592. The molecule has 1 aromatic heterocycles. The van der Waals surface area contributed by atoms with Crippen molar-refractivity contribution in [2.75, 3.05) is 7.11 Å². The van der Waals surface area contributed by atoms with Crippen LogP contribution in [0.15, 0.2) is 6.07 Å². The zero-order valence-corrected chi connectivity index (χ0v) is 9.52. The van der Waals surface area contributed by atoms with Crippen molar-refractivity contribution in [1.82, 2.24) is 4.98 Å². The number of hydrogen-bond acceptors (Lipinski definition) is 3. The number of halogens is 3. The first-order chi connectivity index (χ1) is 7.51. The third kappa shape index (κ3) is 2.47. The molecule has 0 atom stereocenters. The molecule has 0 aliphatic carbocycles. The second kappa shape index (κ2) is 5.21. The van der Waals surface area contributed by atoms with Crippen LogP contribution in [-0.4, -0.2) is 18.1 Å². The van der Waals surface area contributed by atoms with Gasteiger partial charge in [-0.1, -0.05) is 0 Å². The van der Waals surface area contributed by atoms with Crippen LogP contribution in [0.3, 0.4) is 0 Å². The van der Waals surface area contributed by atoms with Gasteiger partial charge in [-0.3, -0.25) is 0 Å². The van der Waals surface area contributed by atoms with Crippen LogP contribution in [0.1, 0.15) is 33.7 Å². The predicted octanol–water partition coefficient (Wildman–Crippen LogP) is 2.85. The largest absolute Gasteiger partial charge is 0.464 e. The van der Waals surface area contributed by atoms with Gasteiger partial charge in [0.2, 0.25) is 0 Å². The fourth-order valence-electron chi connectivity index (χ4n) is 1.24. The van der Waals surface area contributed by atoms with Crippen molar-refractivity contribution in [2.24, 2.45) is 0 Å². The Morgan fingerprint density at radius 1 is 1.62 bits per heavy atom. The van der Waals surface area contributed by atoms with E-state index < -0.39 is 18.1 Å². The van der Waals surface area contributed by atoms with Gasteiger partial charge in [0.25, 0.3) is 6.43 Å². The fourth-order valence-corrected chi connectivity index (χ4v) is 1.52. The van der Waals surface area contributed by atoms with Gasteiger partial charge in [-0.2, -0.15) is 0 Å². The molecule has 0 unspecified atom stereocenters. The van der Waals surface area contributed by atoms with Gasteiger partial charge in [0.05, 0.1) is 7.11 Å². The van der Waals surface area contributed by atoms with E-state index in [0.29, 0.717) is 11.1 Å². The Kier molecular flexibility index (Phi) is 4.18. The summed E-state index contributed by atoms with van der Waals surface area (Å²) in [6.45, 7) is 1.49. The minimum atomic E-state index is -2.74. The van der Waals surface area contributed by atoms with E-state index in [1.807, 2.05) is 0 Å². The van der Waals surface area contributed by atoms with E-state index in [1.165, 1.54) is 13.0 Å². The topological polar surface area (TPSA) is 39.2 Å². The number of esters is 1. The van der Waals surface area contributed by atoms with Crippen LogP contribution >= 0.6 is 11.6 Å². The van der Waals surface area contributed by atoms with Crippen molar-refractivity contribution in [3.63, 3.8) is 0 Å². The number of methoxy groups -OCH3 is 1. The summed E-state index contributed by atoms with van der Waals surface area (Å²) in [5.41, 5.74) is 0.169. The molecule has 0 N–H and O–H groups in total. The van der Waals surface area contributed by atoms with Crippen LogP contribution in [0, 0.1) is 6.92 Å². The van der Waals surface area contributed by atoms with Crippen molar-refractivity contribution < 1.29 is 18.3 Å². The average Bonchev–Trinajstić information content (AvgIpc) is 2.27. The van der Waals surface area contributed by atoms with Crippen LogP contribution in [0.5, 0.6) is 0 Å². The number of pyridine rings is 1. The van der Waals surface area contributed by atoms with Crippen molar-refractivity contribution >= 4 is 17.6 Å². The molecule has 1 rings (SSSR count). The van der Waals surface area contributed by atoms with Gasteiger partial charge in [0.1, 0.15) is 11.4 Å². The molecule has 0 radical (unpaired) electrons. The lowest BCUT2D eigenvalue weighted by Gasteiger charge is -2.10. The first-order valence-electron chi connectivity index (χ1n) is 4.44. The quantitative estimate of drug-likeness (QED) is 0.611. The lowest BCUT2D eigenvalue weighted by Crippen LogP contribution is -2.09. The van der Waals surface area contributed by atoms with Crippen LogP contribution in [-0.2, 0) is 10.6 Å². The van der Waals surface area contributed by atoms with Crippen LogP contribution in [0.25, 0.3) is 0 Å². The zero-order chi connectivity index (χ0) is 12.3. The maximum Gasteiger partial charge on any atom is 0.356 e. The molecule has 6 heteroatoms. The Morgan fingerprint density at radius 3 is 2.69 bits per heavy atom. The van der Waals surface area contributed by atoms with Crippen LogP contribution < -0.4 is 0 Å². The van der Waals surface area contributed by atoms with E-state index in [9.17, 15) is 13.6 Å². The molecule has 0 aliphatic rings. The maximum atomic E-state index is 12.6. The lowest BCUT2D eigenvalue weighted by atomic mass is 10.1. The standard InChI is InChI=1S/C10H10ClF2NO2/c1-5-6(4-11)3-7(10(15)16-2)14-8(5)9(12)13/h3,9H,4H2,1-2H3. The van der Waals surface area contributed by atoms with Gasteiger partial charge >= 0.3 is 5.97 Å². The summed E-state index contributed by atoms with van der Waals surface area (Å²) < 4.78 is 29.7. The molecule has 0 aliphatic heterocycles. The normalized spacial score (nSPS) is 10.6. The van der Waals surface area contributed by atoms with Crippen LogP contribution in [0.2, 0.25) is 0 Å². The van der Waals surface area contributed by atoms with E-state index in [2.05, 4.69) is 9.72 Å². The van der Waals surface area contributed by atoms with Crippen molar-refractivity contribution in [3.8, 4) is 0 Å². The summed E-state index contributed by atoms with van der Waals surface area (Å²) >= 11 is 5.60. The Bertz CT molecular complexity index is 410. The molecule has 0 amide bonds. The molecule has 0 fully saturated rings. The Balaban J connectivity index is 3.34. The summed E-state index contributed by atoms with van der Waals surface area (Å²) in [6.07, 6.45) is -2.74. The van der Waals surface area contributed by atoms with Gasteiger partial charge < -0.3 is 4.74 Å². The SMILES string of the molecule is COC(=O)c1cc(CCl)c(C)c(C(F)F)n1. The molecule has 16 heavy (non-hydrogen) atoms. The number of aromatic nitrogens is 1. The molecule has 0 saturated heterocycles. The molecule has 0 aromatic carbocycles. The average molecular weight is 250 g/mol. The Labute approximate surface area is 96.4 Å². The van der Waals surface area contributed by atoms with E-state index >= 15 is 0 Å². The van der Waals surface area contributed by atoms with Gasteiger partial charge in [-0.15, -0.1) is 11.6 Å². The molecule has 0 saturated carbocycles. The highest BCUT2D eigenvalue weighted by Gasteiger charge is 2.19. The second-order valence-corrected chi connectivity index (χ2v) is 3.37. The summed E-state index contributed by atoms with van der Waals surface area (Å²) in [5, 5.41) is 0. The molecule has 1 heterocycles. The number of carbonyl (C=O) groups excluding carboxylic acids is 1. The van der Waals surface area contributed by atoms with Crippen molar-refractivity contribution in [2.45, 2.75) is 19.2 Å². The second-order valence-electron chi connectivity index (χ2n) is 3.10. The Hall–Kier alpha value is -1.23. The van der Waals surface area contributed by atoms with Crippen molar-refractivity contribution in [1.29, 1.82) is 0 Å². The highest BCUT2D eigenvalue weighted by molar-refractivity contribution is 6.17. The van der Waals surface area contributed by atoms with E-state index in [0.717, 1.165) is 7.11 Å². The van der Waals surface area contributed by atoms with Crippen LogP contribution in [0.4, 0.5) is 8.78 Å². The first-order valence-corrected chi connectivity index (χ1v) is 4.97. The number of nitrogens with zero attached hydrogens (tertiary/aromatic N) is 1. The van der Waals surface area contributed by atoms with Gasteiger partial charge in [-0.25, -0.2) is 18.6 Å². The van der Waals surface area contributed by atoms with E-state index in [1.54, 1.807) is 0 Å². The number of alkyl halides is 3. The van der Waals surface area contributed by atoms with Gasteiger partial charge in [-0.05, 0) is 24.1 Å². The third-order valence-electron chi connectivity index (χ3n) is 2.16. The monoisotopic (exact) mass is 249 g/mol. The molecule has 0 bridgehead atoms. The number of rotatable bonds is 3. The summed E-state index contributed by atoms with van der Waals surface area (Å²) in [5.74, 6) is -0.716. The first kappa shape index (κ1) is 12.8. The van der Waals surface area contributed by atoms with E-state index in [4.69, 9.17) is 11.6 Å². The summed E-state index contributed by atoms with van der Waals surface area (Å²) in [6, 6.07) is 1.36. The summed E-state index contributed by atoms with van der Waals surface area (Å²) in [7, 11) is 1.16. The minimum Gasteiger partial charge on any atom is -0.464 e. The van der Waals surface area contributed by atoms with Crippen molar-refractivity contribution in [3.05, 3.63) is 28.6 Å². The highest BCUT2D eigenvalue weighted by Crippen LogP contribution is 2.25. The molecule has 88 valence electrons. The van der Waals surface area contributed by atoms with Gasteiger partial charge in [0.15, 0.2) is 0 Å². The van der Waals surface area contributed by atoms with Gasteiger partial charge in [0, 0.05) is 5.88 Å². The molecule has 1 aromatic rings. The number of hydrogen-bond donors (Lipinski definition) is 0. The third-order valence-corrected chi connectivity index (χ3v) is 2.45.